The van der Waals surface area contributed by atoms with Gasteiger partial charge in [0, 0.05) is 5.39 Å². The molecule has 0 aliphatic carbocycles. The first-order valence-electron chi connectivity index (χ1n) is 7.60. The summed E-state index contributed by atoms with van der Waals surface area (Å²) in [7, 11) is 0. The van der Waals surface area contributed by atoms with Gasteiger partial charge in [-0.3, -0.25) is 9.48 Å². The highest BCUT2D eigenvalue weighted by molar-refractivity contribution is 7.16. The lowest BCUT2D eigenvalue weighted by molar-refractivity contribution is -0.136. The Hall–Kier alpha value is -2.73. The number of hydrogen-bond acceptors (Lipinski definition) is 4. The summed E-state index contributed by atoms with van der Waals surface area (Å²) in [6, 6.07) is 12.2. The maximum atomic E-state index is 11.1. The number of carbonyl (C=O) groups is 1. The Balaban J connectivity index is 1.79. The third-order valence-electron chi connectivity index (χ3n) is 4.03. The second-order valence-corrected chi connectivity index (χ2v) is 6.74. The van der Waals surface area contributed by atoms with Gasteiger partial charge >= 0.3 is 5.97 Å². The van der Waals surface area contributed by atoms with Gasteiger partial charge in [-0.25, -0.2) is 4.98 Å². The predicted molar refractivity (Wildman–Crippen MR) is 94.5 cm³/mol. The van der Waals surface area contributed by atoms with Crippen LogP contribution in [0.25, 0.3) is 21.1 Å². The first kappa shape index (κ1) is 14.8. The summed E-state index contributed by atoms with van der Waals surface area (Å²) in [5.74, 6) is -0.869. The molecule has 4 rings (SSSR count). The lowest BCUT2D eigenvalue weighted by Crippen LogP contribution is -2.05. The Morgan fingerprint density at radius 3 is 2.96 bits per heavy atom. The van der Waals surface area contributed by atoms with Gasteiger partial charge in [0.15, 0.2) is 0 Å². The molecule has 0 fully saturated rings. The van der Waals surface area contributed by atoms with Crippen LogP contribution < -0.4 is 0 Å². The van der Waals surface area contributed by atoms with E-state index in [1.54, 1.807) is 11.3 Å². The number of hydrogen-bond donors (Lipinski definition) is 1. The molecule has 0 amide bonds. The van der Waals surface area contributed by atoms with Crippen LogP contribution in [0.2, 0.25) is 0 Å². The van der Waals surface area contributed by atoms with Crippen LogP contribution in [0.4, 0.5) is 0 Å². The maximum Gasteiger partial charge on any atom is 0.309 e. The standard InChI is InChI=1S/C18H15N3O2S/c1-11-2-4-16-13(6-11)14(8-18(22)23)20-21(16)9-12-3-5-17-15(7-12)19-10-24-17/h2-7,10H,8-9H2,1H3,(H,22,23). The van der Waals surface area contributed by atoms with Crippen LogP contribution in [0.5, 0.6) is 0 Å². The number of aromatic nitrogens is 3. The summed E-state index contributed by atoms with van der Waals surface area (Å²) in [6.45, 7) is 2.59. The van der Waals surface area contributed by atoms with Crippen LogP contribution in [0.15, 0.2) is 41.9 Å². The highest BCUT2D eigenvalue weighted by atomic mass is 32.1. The van der Waals surface area contributed by atoms with Gasteiger partial charge < -0.3 is 5.11 Å². The predicted octanol–water partition coefficient (Wildman–Crippen LogP) is 3.63. The Kier molecular flexibility index (Phi) is 3.54. The van der Waals surface area contributed by atoms with Gasteiger partial charge in [-0.15, -0.1) is 11.3 Å². The molecule has 0 saturated heterocycles. The van der Waals surface area contributed by atoms with Gasteiger partial charge in [0.25, 0.3) is 0 Å². The van der Waals surface area contributed by atoms with Crippen molar-refractivity contribution in [2.24, 2.45) is 0 Å². The van der Waals surface area contributed by atoms with E-state index in [2.05, 4.69) is 28.3 Å². The fourth-order valence-electron chi connectivity index (χ4n) is 2.93. The normalized spacial score (nSPS) is 11.4. The Bertz CT molecular complexity index is 1060. The zero-order valence-electron chi connectivity index (χ0n) is 13.1. The molecule has 2 aromatic carbocycles. The molecule has 4 aromatic rings. The Morgan fingerprint density at radius 1 is 1.25 bits per heavy atom. The third kappa shape index (κ3) is 2.65. The molecule has 0 radical (unpaired) electrons. The zero-order valence-corrected chi connectivity index (χ0v) is 13.9. The highest BCUT2D eigenvalue weighted by Gasteiger charge is 2.14. The van der Waals surface area contributed by atoms with Crippen molar-refractivity contribution in [3.8, 4) is 0 Å². The van der Waals surface area contributed by atoms with Gasteiger partial charge in [-0.05, 0) is 36.8 Å². The van der Waals surface area contributed by atoms with Crippen LogP contribution in [0.3, 0.4) is 0 Å². The van der Waals surface area contributed by atoms with Crippen LogP contribution in [-0.4, -0.2) is 25.8 Å². The van der Waals surface area contributed by atoms with Crippen molar-refractivity contribution in [3.63, 3.8) is 0 Å². The minimum atomic E-state index is -0.869. The largest absolute Gasteiger partial charge is 0.481 e. The van der Waals surface area contributed by atoms with Gasteiger partial charge in [0.05, 0.1) is 39.9 Å². The second-order valence-electron chi connectivity index (χ2n) is 5.85. The van der Waals surface area contributed by atoms with E-state index in [0.29, 0.717) is 12.2 Å². The van der Waals surface area contributed by atoms with E-state index in [1.807, 2.05) is 35.3 Å². The summed E-state index contributed by atoms with van der Waals surface area (Å²) in [6.07, 6.45) is -0.0714. The lowest BCUT2D eigenvalue weighted by Gasteiger charge is -2.04. The molecule has 0 unspecified atom stereocenters. The van der Waals surface area contributed by atoms with Gasteiger partial charge in [-0.2, -0.15) is 5.10 Å². The molecule has 5 nitrogen and oxygen atoms in total. The quantitative estimate of drug-likeness (QED) is 0.617. The summed E-state index contributed by atoms with van der Waals surface area (Å²) in [4.78, 5) is 15.5. The smallest absolute Gasteiger partial charge is 0.309 e. The molecular weight excluding hydrogens is 322 g/mol. The van der Waals surface area contributed by atoms with E-state index >= 15 is 0 Å². The van der Waals surface area contributed by atoms with E-state index in [9.17, 15) is 4.79 Å². The van der Waals surface area contributed by atoms with E-state index in [4.69, 9.17) is 5.11 Å². The second kappa shape index (κ2) is 5.72. The van der Waals surface area contributed by atoms with E-state index in [-0.39, 0.29) is 6.42 Å². The molecule has 120 valence electrons. The molecule has 2 aromatic heterocycles. The number of aliphatic carboxylic acids is 1. The van der Waals surface area contributed by atoms with Crippen molar-refractivity contribution in [2.45, 2.75) is 19.9 Å². The molecule has 6 heteroatoms. The van der Waals surface area contributed by atoms with Crippen molar-refractivity contribution < 1.29 is 9.90 Å². The molecule has 0 aliphatic heterocycles. The number of benzene rings is 2. The number of carboxylic acid groups (broad SMARTS) is 1. The SMILES string of the molecule is Cc1ccc2c(c1)c(CC(=O)O)nn2Cc1ccc2scnc2c1. The number of rotatable bonds is 4. The van der Waals surface area contributed by atoms with Crippen molar-refractivity contribution in [1.82, 2.24) is 14.8 Å². The van der Waals surface area contributed by atoms with Crippen molar-refractivity contribution in [1.29, 1.82) is 0 Å². The zero-order chi connectivity index (χ0) is 16.7. The maximum absolute atomic E-state index is 11.1. The number of nitrogens with zero attached hydrogens (tertiary/aromatic N) is 3. The molecule has 0 saturated carbocycles. The fourth-order valence-corrected chi connectivity index (χ4v) is 3.59. The van der Waals surface area contributed by atoms with E-state index in [1.165, 1.54) is 0 Å². The first-order valence-corrected chi connectivity index (χ1v) is 8.48. The summed E-state index contributed by atoms with van der Waals surface area (Å²) >= 11 is 1.62. The van der Waals surface area contributed by atoms with E-state index in [0.717, 1.165) is 32.2 Å². The number of aryl methyl sites for hydroxylation is 1. The molecule has 2 heterocycles. The summed E-state index contributed by atoms with van der Waals surface area (Å²) in [5, 5.41) is 14.6. The average molecular weight is 337 g/mol. The van der Waals surface area contributed by atoms with Crippen molar-refractivity contribution in [3.05, 3.63) is 58.7 Å². The van der Waals surface area contributed by atoms with Crippen molar-refractivity contribution >= 4 is 38.4 Å². The Morgan fingerprint density at radius 2 is 2.12 bits per heavy atom. The summed E-state index contributed by atoms with van der Waals surface area (Å²) < 4.78 is 3.03. The monoisotopic (exact) mass is 337 g/mol. The average Bonchev–Trinajstić information content (AvgIpc) is 3.12. The molecule has 0 spiro atoms. The molecule has 0 atom stereocenters. The van der Waals surface area contributed by atoms with Crippen LogP contribution >= 0.6 is 11.3 Å². The van der Waals surface area contributed by atoms with Gasteiger partial charge in [0.1, 0.15) is 0 Å². The number of fused-ring (bicyclic) bond motifs is 2. The third-order valence-corrected chi connectivity index (χ3v) is 4.84. The molecule has 24 heavy (non-hydrogen) atoms. The van der Waals surface area contributed by atoms with Gasteiger partial charge in [0.2, 0.25) is 0 Å². The Labute approximate surface area is 142 Å². The molecular formula is C18H15N3O2S. The van der Waals surface area contributed by atoms with Gasteiger partial charge in [-0.1, -0.05) is 17.7 Å². The highest BCUT2D eigenvalue weighted by Crippen LogP contribution is 2.23. The topological polar surface area (TPSA) is 68.0 Å². The molecule has 0 aliphatic rings. The first-order chi connectivity index (χ1) is 11.6. The number of carboxylic acids is 1. The van der Waals surface area contributed by atoms with Crippen molar-refractivity contribution in [2.75, 3.05) is 0 Å². The molecule has 0 bridgehead atoms. The van der Waals surface area contributed by atoms with Crippen LogP contribution in [0, 0.1) is 6.92 Å². The minimum absolute atomic E-state index is 0.0714. The lowest BCUT2D eigenvalue weighted by atomic mass is 10.1. The van der Waals surface area contributed by atoms with Crippen LogP contribution in [-0.2, 0) is 17.8 Å². The number of thiazole rings is 1. The summed E-state index contributed by atoms with van der Waals surface area (Å²) in [5.41, 5.74) is 6.57. The fraction of sp³-hybridized carbons (Fsp3) is 0.167. The molecule has 1 N–H and O–H groups in total. The minimum Gasteiger partial charge on any atom is -0.481 e. The van der Waals surface area contributed by atoms with E-state index < -0.39 is 5.97 Å². The van der Waals surface area contributed by atoms with Crippen LogP contribution in [0.1, 0.15) is 16.8 Å².